The Balaban J connectivity index is 1.74. The largest absolute Gasteiger partial charge is 0.383 e. The van der Waals surface area contributed by atoms with Crippen molar-refractivity contribution in [3.8, 4) is 0 Å². The summed E-state index contributed by atoms with van der Waals surface area (Å²) in [4.78, 5) is 2.75. The highest BCUT2D eigenvalue weighted by Gasteiger charge is 1.98. The zero-order chi connectivity index (χ0) is 13.3. The minimum absolute atomic E-state index is 0.759. The smallest absolute Gasteiger partial charge is 0.0587 e. The third kappa shape index (κ3) is 5.37. The Kier molecular flexibility index (Phi) is 6.44. The molecule has 0 amide bonds. The van der Waals surface area contributed by atoms with Gasteiger partial charge in [0.25, 0.3) is 0 Å². The van der Waals surface area contributed by atoms with Crippen molar-refractivity contribution in [1.29, 1.82) is 0 Å². The molecule has 0 fully saturated rings. The first-order valence-electron chi connectivity index (χ1n) is 6.32. The van der Waals surface area contributed by atoms with Crippen molar-refractivity contribution in [3.63, 3.8) is 0 Å². The van der Waals surface area contributed by atoms with E-state index in [4.69, 9.17) is 4.74 Å². The monoisotopic (exact) mass is 293 g/mol. The van der Waals surface area contributed by atoms with Crippen LogP contribution < -0.4 is 5.32 Å². The quantitative estimate of drug-likeness (QED) is 0.591. The topological polar surface area (TPSA) is 21.3 Å². The molecular weight excluding hydrogens is 274 g/mol. The van der Waals surface area contributed by atoms with Crippen LogP contribution in [0.1, 0.15) is 10.4 Å². The van der Waals surface area contributed by atoms with Crippen LogP contribution in [0.5, 0.6) is 0 Å². The van der Waals surface area contributed by atoms with Crippen LogP contribution in [0.25, 0.3) is 0 Å². The summed E-state index contributed by atoms with van der Waals surface area (Å²) in [5, 5.41) is 5.48. The van der Waals surface area contributed by atoms with Crippen molar-refractivity contribution in [2.75, 3.05) is 20.3 Å². The van der Waals surface area contributed by atoms with Gasteiger partial charge >= 0.3 is 0 Å². The molecule has 2 nitrogen and oxygen atoms in total. The predicted molar refractivity (Wildman–Crippen MR) is 83.9 cm³/mol. The third-order valence-corrected chi connectivity index (χ3v) is 4.82. The van der Waals surface area contributed by atoms with E-state index in [2.05, 4.69) is 47.1 Å². The summed E-state index contributed by atoms with van der Waals surface area (Å²) in [6.07, 6.45) is 0. The molecule has 0 radical (unpaired) electrons. The second-order valence-corrected chi connectivity index (χ2v) is 6.26. The lowest BCUT2D eigenvalue weighted by atomic mass is 10.2. The Labute approximate surface area is 123 Å². The van der Waals surface area contributed by atoms with E-state index in [0.717, 1.165) is 25.4 Å². The summed E-state index contributed by atoms with van der Waals surface area (Å²) in [7, 11) is 1.72. The minimum atomic E-state index is 0.759. The third-order valence-electron chi connectivity index (χ3n) is 2.70. The standard InChI is InChI=1S/C15H19NOS2/c1-17-9-8-16-11-13-4-6-14(7-5-13)19-12-15-3-2-10-18-15/h2-7,10,16H,8-9,11-12H2,1H3. The van der Waals surface area contributed by atoms with E-state index < -0.39 is 0 Å². The van der Waals surface area contributed by atoms with E-state index in [1.807, 2.05) is 23.1 Å². The molecule has 1 heterocycles. The molecule has 2 rings (SSSR count). The Bertz CT molecular complexity index is 454. The highest BCUT2D eigenvalue weighted by atomic mass is 32.2. The first-order chi connectivity index (χ1) is 9.38. The molecule has 0 aliphatic rings. The predicted octanol–water partition coefficient (Wildman–Crippen LogP) is 3.78. The molecule has 1 N–H and O–H groups in total. The Morgan fingerprint density at radius 3 is 2.74 bits per heavy atom. The second-order valence-electron chi connectivity index (χ2n) is 4.18. The van der Waals surface area contributed by atoms with Crippen molar-refractivity contribution in [2.45, 2.75) is 17.2 Å². The van der Waals surface area contributed by atoms with Crippen LogP contribution in [0.15, 0.2) is 46.7 Å². The molecule has 0 aliphatic carbocycles. The number of thioether (sulfide) groups is 1. The second kappa shape index (κ2) is 8.38. The summed E-state index contributed by atoms with van der Waals surface area (Å²) in [6.45, 7) is 2.55. The van der Waals surface area contributed by atoms with Gasteiger partial charge in [-0.3, -0.25) is 0 Å². The number of hydrogen-bond donors (Lipinski definition) is 1. The van der Waals surface area contributed by atoms with Crippen molar-refractivity contribution in [3.05, 3.63) is 52.2 Å². The van der Waals surface area contributed by atoms with Gasteiger partial charge in [-0.2, -0.15) is 0 Å². The van der Waals surface area contributed by atoms with E-state index in [1.54, 1.807) is 7.11 Å². The van der Waals surface area contributed by atoms with Crippen LogP contribution >= 0.6 is 23.1 Å². The molecule has 0 saturated heterocycles. The van der Waals surface area contributed by atoms with Crippen molar-refractivity contribution in [1.82, 2.24) is 5.32 Å². The Morgan fingerprint density at radius 2 is 2.05 bits per heavy atom. The maximum absolute atomic E-state index is 5.00. The molecule has 1 aromatic heterocycles. The lowest BCUT2D eigenvalue weighted by Gasteiger charge is -2.05. The molecule has 1 aromatic carbocycles. The molecule has 0 bridgehead atoms. The number of thiophene rings is 1. The van der Waals surface area contributed by atoms with Crippen LogP contribution in [0, 0.1) is 0 Å². The number of ether oxygens (including phenoxy) is 1. The Hall–Kier alpha value is -0.810. The highest BCUT2D eigenvalue weighted by molar-refractivity contribution is 7.98. The molecule has 0 unspecified atom stereocenters. The number of rotatable bonds is 8. The number of methoxy groups -OCH3 is 1. The number of benzene rings is 1. The van der Waals surface area contributed by atoms with Gasteiger partial charge in [0.15, 0.2) is 0 Å². The molecule has 0 saturated carbocycles. The molecule has 0 atom stereocenters. The van der Waals surface area contributed by atoms with E-state index in [-0.39, 0.29) is 0 Å². The van der Waals surface area contributed by atoms with Gasteiger partial charge in [-0.25, -0.2) is 0 Å². The minimum Gasteiger partial charge on any atom is -0.383 e. The fourth-order valence-electron chi connectivity index (χ4n) is 1.66. The van der Waals surface area contributed by atoms with Gasteiger partial charge < -0.3 is 10.1 Å². The highest BCUT2D eigenvalue weighted by Crippen LogP contribution is 2.25. The van der Waals surface area contributed by atoms with Gasteiger partial charge in [-0.05, 0) is 29.1 Å². The van der Waals surface area contributed by atoms with Crippen LogP contribution in [0.3, 0.4) is 0 Å². The molecule has 4 heteroatoms. The fourth-order valence-corrected chi connectivity index (χ4v) is 3.33. The summed E-state index contributed by atoms with van der Waals surface area (Å²) < 4.78 is 5.00. The fraction of sp³-hybridized carbons (Fsp3) is 0.333. The van der Waals surface area contributed by atoms with Gasteiger partial charge in [-0.1, -0.05) is 18.2 Å². The average Bonchev–Trinajstić information content (AvgIpc) is 2.96. The Morgan fingerprint density at radius 1 is 1.21 bits per heavy atom. The van der Waals surface area contributed by atoms with E-state index >= 15 is 0 Å². The first kappa shape index (κ1) is 14.6. The molecule has 19 heavy (non-hydrogen) atoms. The number of hydrogen-bond acceptors (Lipinski definition) is 4. The van der Waals surface area contributed by atoms with E-state index in [1.165, 1.54) is 15.3 Å². The van der Waals surface area contributed by atoms with Crippen LogP contribution in [0.4, 0.5) is 0 Å². The van der Waals surface area contributed by atoms with Crippen molar-refractivity contribution in [2.24, 2.45) is 0 Å². The maximum atomic E-state index is 5.00. The van der Waals surface area contributed by atoms with Crippen LogP contribution in [-0.4, -0.2) is 20.3 Å². The van der Waals surface area contributed by atoms with E-state index in [9.17, 15) is 0 Å². The molecule has 102 valence electrons. The molecule has 0 aliphatic heterocycles. The average molecular weight is 293 g/mol. The van der Waals surface area contributed by atoms with Gasteiger partial charge in [0, 0.05) is 35.7 Å². The first-order valence-corrected chi connectivity index (χ1v) is 8.19. The van der Waals surface area contributed by atoms with Crippen molar-refractivity contribution >= 4 is 23.1 Å². The van der Waals surface area contributed by atoms with Crippen LogP contribution in [-0.2, 0) is 17.0 Å². The molecule has 2 aromatic rings. The normalized spacial score (nSPS) is 10.8. The SMILES string of the molecule is COCCNCc1ccc(SCc2cccs2)cc1. The van der Waals surface area contributed by atoms with Gasteiger partial charge in [0.2, 0.25) is 0 Å². The lowest BCUT2D eigenvalue weighted by molar-refractivity contribution is 0.199. The van der Waals surface area contributed by atoms with Crippen LogP contribution in [0.2, 0.25) is 0 Å². The van der Waals surface area contributed by atoms with Gasteiger partial charge in [-0.15, -0.1) is 23.1 Å². The van der Waals surface area contributed by atoms with Gasteiger partial charge in [0.1, 0.15) is 0 Å². The zero-order valence-electron chi connectivity index (χ0n) is 11.1. The lowest BCUT2D eigenvalue weighted by Crippen LogP contribution is -2.18. The summed E-state index contributed by atoms with van der Waals surface area (Å²) in [5.41, 5.74) is 1.32. The van der Waals surface area contributed by atoms with Gasteiger partial charge in [0.05, 0.1) is 6.61 Å². The maximum Gasteiger partial charge on any atom is 0.0587 e. The molecule has 0 spiro atoms. The summed E-state index contributed by atoms with van der Waals surface area (Å²) >= 11 is 3.71. The zero-order valence-corrected chi connectivity index (χ0v) is 12.7. The number of nitrogens with one attached hydrogen (secondary N) is 1. The van der Waals surface area contributed by atoms with E-state index in [0.29, 0.717) is 0 Å². The summed E-state index contributed by atoms with van der Waals surface area (Å²) in [6, 6.07) is 13.1. The molecular formula is C15H19NOS2. The summed E-state index contributed by atoms with van der Waals surface area (Å²) in [5.74, 6) is 1.06. The van der Waals surface area contributed by atoms with Crippen molar-refractivity contribution < 1.29 is 4.74 Å².